The van der Waals surface area contributed by atoms with Gasteiger partial charge in [0, 0.05) is 25.8 Å². The van der Waals surface area contributed by atoms with Crippen LogP contribution in [0.15, 0.2) is 0 Å². The lowest BCUT2D eigenvalue weighted by molar-refractivity contribution is 0.308. The van der Waals surface area contributed by atoms with Crippen LogP contribution in [0.4, 0.5) is 0 Å². The van der Waals surface area contributed by atoms with E-state index < -0.39 is 0 Å². The fourth-order valence-corrected chi connectivity index (χ4v) is 2.40. The van der Waals surface area contributed by atoms with E-state index in [1.165, 1.54) is 23.5 Å². The standard InChI is InChI=1S/C11H19N3.C2H6/c1-8(2)11-9-5-6-13(3)7-10(9)12-14(11)4;1-2/h8H,5-7H2,1-4H3;1-2H3. The number of aromatic nitrogens is 2. The second-order valence-corrected chi connectivity index (χ2v) is 4.58. The third kappa shape index (κ3) is 2.46. The van der Waals surface area contributed by atoms with Crippen molar-refractivity contribution in [1.82, 2.24) is 14.7 Å². The van der Waals surface area contributed by atoms with Crippen molar-refractivity contribution in [2.75, 3.05) is 13.6 Å². The van der Waals surface area contributed by atoms with Gasteiger partial charge in [0.05, 0.1) is 5.69 Å². The highest BCUT2D eigenvalue weighted by Gasteiger charge is 2.22. The van der Waals surface area contributed by atoms with E-state index in [1.54, 1.807) is 0 Å². The lowest BCUT2D eigenvalue weighted by Crippen LogP contribution is -2.26. The first kappa shape index (κ1) is 13.2. The topological polar surface area (TPSA) is 21.1 Å². The Hall–Kier alpha value is -0.830. The Kier molecular flexibility index (Phi) is 4.54. The van der Waals surface area contributed by atoms with Crippen LogP contribution in [0.1, 0.15) is 50.6 Å². The second kappa shape index (κ2) is 5.48. The molecule has 16 heavy (non-hydrogen) atoms. The van der Waals surface area contributed by atoms with Gasteiger partial charge < -0.3 is 4.90 Å². The van der Waals surface area contributed by atoms with Gasteiger partial charge in [-0.2, -0.15) is 5.10 Å². The number of nitrogens with zero attached hydrogens (tertiary/aromatic N) is 3. The average molecular weight is 223 g/mol. The number of hydrogen-bond donors (Lipinski definition) is 0. The number of aryl methyl sites for hydroxylation is 1. The van der Waals surface area contributed by atoms with Gasteiger partial charge in [0.1, 0.15) is 0 Å². The predicted octanol–water partition coefficient (Wildman–Crippen LogP) is 2.56. The summed E-state index contributed by atoms with van der Waals surface area (Å²) >= 11 is 0. The van der Waals surface area contributed by atoms with Crippen molar-refractivity contribution < 1.29 is 0 Å². The van der Waals surface area contributed by atoms with E-state index in [0.717, 1.165) is 13.0 Å². The fraction of sp³-hybridized carbons (Fsp3) is 0.769. The van der Waals surface area contributed by atoms with Gasteiger partial charge in [0.15, 0.2) is 0 Å². The van der Waals surface area contributed by atoms with Gasteiger partial charge in [0.2, 0.25) is 0 Å². The van der Waals surface area contributed by atoms with E-state index >= 15 is 0 Å². The van der Waals surface area contributed by atoms with Crippen LogP contribution in [0.5, 0.6) is 0 Å². The zero-order valence-corrected chi connectivity index (χ0v) is 11.5. The summed E-state index contributed by atoms with van der Waals surface area (Å²) in [5.41, 5.74) is 4.21. The van der Waals surface area contributed by atoms with E-state index in [2.05, 4.69) is 42.6 Å². The van der Waals surface area contributed by atoms with E-state index in [4.69, 9.17) is 0 Å². The molecule has 0 radical (unpaired) electrons. The van der Waals surface area contributed by atoms with Crippen LogP contribution < -0.4 is 0 Å². The highest BCUT2D eigenvalue weighted by atomic mass is 15.3. The molecule has 0 aliphatic carbocycles. The van der Waals surface area contributed by atoms with Crippen LogP contribution in [0.2, 0.25) is 0 Å². The lowest BCUT2D eigenvalue weighted by atomic mass is 9.98. The molecule has 0 fully saturated rings. The van der Waals surface area contributed by atoms with Crippen molar-refractivity contribution in [2.45, 2.75) is 46.6 Å². The Balaban J connectivity index is 0.000000606. The maximum atomic E-state index is 4.60. The minimum absolute atomic E-state index is 0.583. The molecule has 1 aromatic rings. The molecule has 92 valence electrons. The van der Waals surface area contributed by atoms with Crippen molar-refractivity contribution in [2.24, 2.45) is 7.05 Å². The molecule has 0 atom stereocenters. The van der Waals surface area contributed by atoms with Crippen molar-refractivity contribution in [3.8, 4) is 0 Å². The molecule has 0 unspecified atom stereocenters. The molecule has 0 N–H and O–H groups in total. The van der Waals surface area contributed by atoms with Gasteiger partial charge in [0.25, 0.3) is 0 Å². The minimum atomic E-state index is 0.583. The summed E-state index contributed by atoms with van der Waals surface area (Å²) in [5.74, 6) is 0.583. The lowest BCUT2D eigenvalue weighted by Gasteiger charge is -2.22. The summed E-state index contributed by atoms with van der Waals surface area (Å²) in [6.07, 6.45) is 1.16. The normalized spacial score (nSPS) is 15.7. The van der Waals surface area contributed by atoms with Crippen LogP contribution in [-0.2, 0) is 20.0 Å². The molecule has 3 heteroatoms. The number of hydrogen-bond acceptors (Lipinski definition) is 2. The van der Waals surface area contributed by atoms with E-state index in [0.29, 0.717) is 5.92 Å². The van der Waals surface area contributed by atoms with Crippen LogP contribution in [0, 0.1) is 0 Å². The maximum Gasteiger partial charge on any atom is 0.0799 e. The summed E-state index contributed by atoms with van der Waals surface area (Å²) in [6, 6.07) is 0. The Labute approximate surface area is 99.4 Å². The van der Waals surface area contributed by atoms with Crippen LogP contribution in [-0.4, -0.2) is 28.3 Å². The Bertz CT molecular complexity index is 339. The number of fused-ring (bicyclic) bond motifs is 1. The molecule has 2 rings (SSSR count). The van der Waals surface area contributed by atoms with E-state index in [9.17, 15) is 0 Å². The zero-order valence-electron chi connectivity index (χ0n) is 11.5. The molecule has 0 aromatic carbocycles. The Morgan fingerprint density at radius 1 is 1.19 bits per heavy atom. The number of rotatable bonds is 1. The van der Waals surface area contributed by atoms with Gasteiger partial charge in [-0.25, -0.2) is 0 Å². The molecule has 1 aliphatic rings. The zero-order chi connectivity index (χ0) is 12.3. The van der Waals surface area contributed by atoms with Gasteiger partial charge in [-0.3, -0.25) is 4.68 Å². The molecule has 1 aromatic heterocycles. The first-order valence-corrected chi connectivity index (χ1v) is 6.32. The minimum Gasteiger partial charge on any atom is -0.300 e. The van der Waals surface area contributed by atoms with Crippen molar-refractivity contribution in [3.05, 3.63) is 17.0 Å². The summed E-state index contributed by atoms with van der Waals surface area (Å²) in [4.78, 5) is 2.33. The highest BCUT2D eigenvalue weighted by molar-refractivity contribution is 5.30. The van der Waals surface area contributed by atoms with Gasteiger partial charge in [-0.05, 0) is 24.9 Å². The first-order chi connectivity index (χ1) is 7.59. The average Bonchev–Trinajstić information content (AvgIpc) is 2.56. The van der Waals surface area contributed by atoms with E-state index in [1.807, 2.05) is 13.8 Å². The third-order valence-corrected chi connectivity index (χ3v) is 2.99. The molecule has 3 nitrogen and oxygen atoms in total. The molecule has 0 spiro atoms. The van der Waals surface area contributed by atoms with Gasteiger partial charge in [-0.15, -0.1) is 0 Å². The van der Waals surface area contributed by atoms with Crippen LogP contribution in [0.3, 0.4) is 0 Å². The van der Waals surface area contributed by atoms with Crippen molar-refractivity contribution in [3.63, 3.8) is 0 Å². The maximum absolute atomic E-state index is 4.60. The summed E-state index contributed by atoms with van der Waals surface area (Å²) < 4.78 is 2.06. The number of likely N-dealkylation sites (N-methyl/N-ethyl adjacent to an activating group) is 1. The van der Waals surface area contributed by atoms with E-state index in [-0.39, 0.29) is 0 Å². The SMILES string of the molecule is CC.CC(C)c1c2c(nn1C)CN(C)CC2. The molecule has 2 heterocycles. The van der Waals surface area contributed by atoms with Crippen molar-refractivity contribution in [1.29, 1.82) is 0 Å². The third-order valence-electron chi connectivity index (χ3n) is 2.99. The summed E-state index contributed by atoms with van der Waals surface area (Å²) in [7, 11) is 4.22. The molecular weight excluding hydrogens is 198 g/mol. The van der Waals surface area contributed by atoms with Crippen LogP contribution in [0.25, 0.3) is 0 Å². The predicted molar refractivity (Wildman–Crippen MR) is 68.7 cm³/mol. The summed E-state index contributed by atoms with van der Waals surface area (Å²) in [5, 5.41) is 4.60. The quantitative estimate of drug-likeness (QED) is 0.729. The molecule has 0 saturated heterocycles. The molecule has 0 amide bonds. The molecule has 1 aliphatic heterocycles. The smallest absolute Gasteiger partial charge is 0.0799 e. The molecular formula is C13H25N3. The molecule has 0 bridgehead atoms. The Morgan fingerprint density at radius 2 is 1.81 bits per heavy atom. The Morgan fingerprint density at radius 3 is 2.38 bits per heavy atom. The monoisotopic (exact) mass is 223 g/mol. The second-order valence-electron chi connectivity index (χ2n) is 4.58. The van der Waals surface area contributed by atoms with Crippen LogP contribution >= 0.6 is 0 Å². The summed E-state index contributed by atoms with van der Waals surface area (Å²) in [6.45, 7) is 10.7. The largest absolute Gasteiger partial charge is 0.300 e. The van der Waals surface area contributed by atoms with Gasteiger partial charge in [-0.1, -0.05) is 27.7 Å². The first-order valence-electron chi connectivity index (χ1n) is 6.32. The highest BCUT2D eigenvalue weighted by Crippen LogP contribution is 2.26. The molecule has 0 saturated carbocycles. The fourth-order valence-electron chi connectivity index (χ4n) is 2.40. The van der Waals surface area contributed by atoms with Crippen molar-refractivity contribution >= 4 is 0 Å². The van der Waals surface area contributed by atoms with Gasteiger partial charge >= 0.3 is 0 Å².